The van der Waals surface area contributed by atoms with E-state index in [4.69, 9.17) is 16.0 Å². The van der Waals surface area contributed by atoms with E-state index >= 15 is 0 Å². The second-order valence-corrected chi connectivity index (χ2v) is 8.23. The number of nitrogens with one attached hydrogen (secondary N) is 1. The van der Waals surface area contributed by atoms with Gasteiger partial charge in [-0.1, -0.05) is 22.9 Å². The number of hydrogen-bond acceptors (Lipinski definition) is 6. The van der Waals surface area contributed by atoms with Gasteiger partial charge in [-0.05, 0) is 33.2 Å². The molecule has 2 heterocycles. The molecular formula is C12H16ClN3O3S2. The summed E-state index contributed by atoms with van der Waals surface area (Å²) < 4.78 is 32.9. The molecule has 6 nitrogen and oxygen atoms in total. The summed E-state index contributed by atoms with van der Waals surface area (Å²) >= 11 is 6.70. The summed E-state index contributed by atoms with van der Waals surface area (Å²) in [5.41, 5.74) is 0.400. The molecule has 116 valence electrons. The molecule has 1 N–H and O–H groups in total. The van der Waals surface area contributed by atoms with Gasteiger partial charge in [0.05, 0.1) is 18.0 Å². The van der Waals surface area contributed by atoms with Crippen molar-refractivity contribution in [2.45, 2.75) is 17.2 Å². The van der Waals surface area contributed by atoms with Crippen molar-refractivity contribution in [3.8, 4) is 0 Å². The minimum Gasteiger partial charge on any atom is -0.468 e. The van der Waals surface area contributed by atoms with E-state index in [0.29, 0.717) is 11.5 Å². The molecule has 0 bridgehead atoms. The number of likely N-dealkylation sites (N-methyl/N-ethyl adjacent to an activating group) is 1. The lowest BCUT2D eigenvalue weighted by molar-refractivity contribution is 0.259. The van der Waals surface area contributed by atoms with E-state index < -0.39 is 10.0 Å². The molecule has 0 spiro atoms. The Balaban J connectivity index is 2.15. The number of aryl methyl sites for hydroxylation is 1. The molecule has 0 aliphatic carbocycles. The van der Waals surface area contributed by atoms with Gasteiger partial charge >= 0.3 is 0 Å². The minimum atomic E-state index is -3.64. The molecule has 0 aromatic carbocycles. The zero-order valence-corrected chi connectivity index (χ0v) is 14.2. The fourth-order valence-electron chi connectivity index (χ4n) is 1.87. The molecule has 21 heavy (non-hydrogen) atoms. The van der Waals surface area contributed by atoms with Crippen LogP contribution in [0.25, 0.3) is 0 Å². The summed E-state index contributed by atoms with van der Waals surface area (Å²) in [6.07, 6.45) is 1.56. The van der Waals surface area contributed by atoms with E-state index in [-0.39, 0.29) is 21.3 Å². The third-order valence-corrected chi connectivity index (χ3v) is 6.23. The molecule has 0 saturated carbocycles. The lowest BCUT2D eigenvalue weighted by Gasteiger charge is -2.22. The van der Waals surface area contributed by atoms with Crippen molar-refractivity contribution in [1.29, 1.82) is 0 Å². The van der Waals surface area contributed by atoms with Crippen LogP contribution in [0.3, 0.4) is 0 Å². The van der Waals surface area contributed by atoms with Gasteiger partial charge in [0.15, 0.2) is 8.68 Å². The molecular weight excluding hydrogens is 334 g/mol. The first-order valence-corrected chi connectivity index (χ1v) is 8.81. The van der Waals surface area contributed by atoms with Crippen LogP contribution in [0, 0.1) is 6.92 Å². The number of sulfonamides is 1. The maximum Gasteiger partial charge on any atom is 0.252 e. The van der Waals surface area contributed by atoms with Gasteiger partial charge in [0.1, 0.15) is 5.76 Å². The van der Waals surface area contributed by atoms with Gasteiger partial charge in [0.25, 0.3) is 10.0 Å². The predicted molar refractivity (Wildman–Crippen MR) is 82.2 cm³/mol. The molecule has 0 fully saturated rings. The Labute approximate surface area is 132 Å². The summed E-state index contributed by atoms with van der Waals surface area (Å²) in [6, 6.07) is 3.39. The first kappa shape index (κ1) is 16.4. The normalized spacial score (nSPS) is 13.8. The van der Waals surface area contributed by atoms with Crippen molar-refractivity contribution < 1.29 is 12.8 Å². The predicted octanol–water partition coefficient (Wildman–Crippen LogP) is 2.28. The SMILES string of the molecule is Cc1nc(Cl)sc1S(=O)(=O)NCC(c1ccco1)N(C)C. The lowest BCUT2D eigenvalue weighted by atomic mass is 10.2. The lowest BCUT2D eigenvalue weighted by Crippen LogP contribution is -2.34. The molecule has 0 aliphatic heterocycles. The standard InChI is InChI=1S/C12H16ClN3O3S2/c1-8-11(20-12(13)15-8)21(17,18)14-7-9(16(2)3)10-5-4-6-19-10/h4-6,9,14H,7H2,1-3H3. The van der Waals surface area contributed by atoms with Gasteiger partial charge in [0.2, 0.25) is 0 Å². The second-order valence-electron chi connectivity index (χ2n) is 4.69. The van der Waals surface area contributed by atoms with E-state index in [1.165, 1.54) is 0 Å². The smallest absolute Gasteiger partial charge is 0.252 e. The van der Waals surface area contributed by atoms with E-state index in [9.17, 15) is 8.42 Å². The molecule has 0 aliphatic rings. The largest absolute Gasteiger partial charge is 0.468 e. The molecule has 2 aromatic rings. The number of aromatic nitrogens is 1. The van der Waals surface area contributed by atoms with Crippen LogP contribution in [0.2, 0.25) is 4.47 Å². The molecule has 9 heteroatoms. The van der Waals surface area contributed by atoms with Crippen molar-refractivity contribution in [3.05, 3.63) is 34.3 Å². The van der Waals surface area contributed by atoms with Crippen LogP contribution >= 0.6 is 22.9 Å². The van der Waals surface area contributed by atoms with Gasteiger partial charge in [-0.3, -0.25) is 4.90 Å². The van der Waals surface area contributed by atoms with Crippen LogP contribution in [0.5, 0.6) is 0 Å². The Morgan fingerprint density at radius 3 is 2.71 bits per heavy atom. The summed E-state index contributed by atoms with van der Waals surface area (Å²) in [7, 11) is 0.0784. The van der Waals surface area contributed by atoms with Gasteiger partial charge in [0, 0.05) is 6.54 Å². The second kappa shape index (κ2) is 6.45. The zero-order valence-electron chi connectivity index (χ0n) is 11.8. The summed E-state index contributed by atoms with van der Waals surface area (Å²) in [5, 5.41) is 0. The highest BCUT2D eigenvalue weighted by atomic mass is 35.5. The van der Waals surface area contributed by atoms with Crippen LogP contribution in [-0.2, 0) is 10.0 Å². The molecule has 2 aromatic heterocycles. The number of hydrogen-bond donors (Lipinski definition) is 1. The van der Waals surface area contributed by atoms with Crippen LogP contribution in [0.4, 0.5) is 0 Å². The van der Waals surface area contributed by atoms with Gasteiger partial charge in [-0.2, -0.15) is 0 Å². The van der Waals surface area contributed by atoms with Crippen LogP contribution in [0.15, 0.2) is 27.0 Å². The number of thiazole rings is 1. The fraction of sp³-hybridized carbons (Fsp3) is 0.417. The van der Waals surface area contributed by atoms with Crippen LogP contribution in [0.1, 0.15) is 17.5 Å². The van der Waals surface area contributed by atoms with Crippen molar-refractivity contribution >= 4 is 33.0 Å². The number of halogens is 1. The topological polar surface area (TPSA) is 75.4 Å². The summed E-state index contributed by atoms with van der Waals surface area (Å²) in [6.45, 7) is 1.81. The van der Waals surface area contributed by atoms with Crippen molar-refractivity contribution in [3.63, 3.8) is 0 Å². The number of furan rings is 1. The maximum atomic E-state index is 12.3. The Morgan fingerprint density at radius 1 is 1.52 bits per heavy atom. The monoisotopic (exact) mass is 349 g/mol. The number of rotatable bonds is 6. The minimum absolute atomic E-state index is 0.143. The van der Waals surface area contributed by atoms with Gasteiger partial charge in [-0.25, -0.2) is 18.1 Å². The van der Waals surface area contributed by atoms with E-state index in [0.717, 1.165) is 11.3 Å². The Morgan fingerprint density at radius 2 is 2.24 bits per heavy atom. The van der Waals surface area contributed by atoms with Crippen molar-refractivity contribution in [2.24, 2.45) is 0 Å². The molecule has 1 atom stereocenters. The quantitative estimate of drug-likeness (QED) is 0.865. The average Bonchev–Trinajstić information content (AvgIpc) is 2.99. The van der Waals surface area contributed by atoms with Crippen molar-refractivity contribution in [2.75, 3.05) is 20.6 Å². The first-order valence-electron chi connectivity index (χ1n) is 6.13. The van der Waals surface area contributed by atoms with E-state index in [1.54, 1.807) is 19.3 Å². The summed E-state index contributed by atoms with van der Waals surface area (Å²) in [4.78, 5) is 5.81. The average molecular weight is 350 g/mol. The van der Waals surface area contributed by atoms with Gasteiger partial charge < -0.3 is 4.42 Å². The zero-order chi connectivity index (χ0) is 15.6. The van der Waals surface area contributed by atoms with E-state index in [2.05, 4.69) is 9.71 Å². The van der Waals surface area contributed by atoms with Crippen LogP contribution in [-0.4, -0.2) is 38.9 Å². The molecule has 0 radical (unpaired) electrons. The number of nitrogens with zero attached hydrogens (tertiary/aromatic N) is 2. The first-order chi connectivity index (χ1) is 9.81. The molecule has 0 amide bonds. The Bertz CT molecular complexity index is 695. The Kier molecular flexibility index (Phi) is 5.05. The van der Waals surface area contributed by atoms with E-state index in [1.807, 2.05) is 25.1 Å². The third-order valence-electron chi connectivity index (χ3n) is 2.93. The van der Waals surface area contributed by atoms with Gasteiger partial charge in [-0.15, -0.1) is 0 Å². The third kappa shape index (κ3) is 3.83. The maximum absolute atomic E-state index is 12.3. The van der Waals surface area contributed by atoms with Crippen molar-refractivity contribution in [1.82, 2.24) is 14.6 Å². The highest BCUT2D eigenvalue weighted by Gasteiger charge is 2.24. The molecule has 2 rings (SSSR count). The highest BCUT2D eigenvalue weighted by molar-refractivity contribution is 7.91. The molecule has 1 unspecified atom stereocenters. The highest BCUT2D eigenvalue weighted by Crippen LogP contribution is 2.27. The Hall–Kier alpha value is -0.930. The molecule has 0 saturated heterocycles. The fourth-order valence-corrected chi connectivity index (χ4v) is 4.69. The van der Waals surface area contributed by atoms with Crippen LogP contribution < -0.4 is 4.72 Å². The summed E-state index contributed by atoms with van der Waals surface area (Å²) in [5.74, 6) is 0.696.